The zero-order valence-corrected chi connectivity index (χ0v) is 14.5. The Labute approximate surface area is 145 Å². The average molecular weight is 343 g/mol. The Balaban J connectivity index is 1.88. The second-order valence-electron chi connectivity index (χ2n) is 5.48. The number of nitrogens with zero attached hydrogens (tertiary/aromatic N) is 6. The zero-order valence-electron chi connectivity index (χ0n) is 13.7. The average Bonchev–Trinajstić information content (AvgIpc) is 3.17. The standard InChI is InChI=1S/C17H19ClN6/c1-3-4-10-23-16(18)15(13(2)22-23)11-20-24-12-19-21-17(24)14-8-6-5-7-9-14/h5-9,11-12H,3-4,10H2,1-2H3/b20-11-. The van der Waals surface area contributed by atoms with E-state index in [1.54, 1.807) is 17.2 Å². The first-order chi connectivity index (χ1) is 11.7. The summed E-state index contributed by atoms with van der Waals surface area (Å²) in [7, 11) is 0. The molecule has 0 saturated carbocycles. The van der Waals surface area contributed by atoms with Crippen molar-refractivity contribution >= 4 is 17.8 Å². The Kier molecular flexibility index (Phi) is 5.05. The first kappa shape index (κ1) is 16.4. The van der Waals surface area contributed by atoms with E-state index < -0.39 is 0 Å². The maximum Gasteiger partial charge on any atom is 0.184 e. The molecule has 3 rings (SSSR count). The van der Waals surface area contributed by atoms with Crippen molar-refractivity contribution in [2.45, 2.75) is 33.2 Å². The molecular formula is C17H19ClN6. The third kappa shape index (κ3) is 3.38. The number of hydrogen-bond donors (Lipinski definition) is 0. The number of unbranched alkanes of at least 4 members (excludes halogenated alkanes) is 1. The van der Waals surface area contributed by atoms with E-state index in [1.165, 1.54) is 0 Å². The molecule has 0 amide bonds. The second-order valence-corrected chi connectivity index (χ2v) is 5.83. The smallest absolute Gasteiger partial charge is 0.184 e. The van der Waals surface area contributed by atoms with Crippen molar-refractivity contribution in [3.8, 4) is 11.4 Å². The number of benzene rings is 1. The number of aryl methyl sites for hydroxylation is 2. The Morgan fingerprint density at radius 3 is 2.79 bits per heavy atom. The largest absolute Gasteiger partial charge is 0.253 e. The predicted molar refractivity (Wildman–Crippen MR) is 95.3 cm³/mol. The van der Waals surface area contributed by atoms with Crippen LogP contribution in [0.25, 0.3) is 11.4 Å². The summed E-state index contributed by atoms with van der Waals surface area (Å²) in [5.41, 5.74) is 2.63. The van der Waals surface area contributed by atoms with Crippen molar-refractivity contribution in [2.75, 3.05) is 0 Å². The molecule has 0 N–H and O–H groups in total. The highest BCUT2D eigenvalue weighted by Gasteiger charge is 2.12. The maximum atomic E-state index is 6.43. The van der Waals surface area contributed by atoms with Crippen molar-refractivity contribution in [1.29, 1.82) is 0 Å². The summed E-state index contributed by atoms with van der Waals surface area (Å²) >= 11 is 6.43. The van der Waals surface area contributed by atoms with Gasteiger partial charge in [-0.3, -0.25) is 4.68 Å². The lowest BCUT2D eigenvalue weighted by atomic mass is 10.2. The molecule has 124 valence electrons. The first-order valence-electron chi connectivity index (χ1n) is 7.93. The lowest BCUT2D eigenvalue weighted by Crippen LogP contribution is -2.00. The van der Waals surface area contributed by atoms with Gasteiger partial charge < -0.3 is 0 Å². The van der Waals surface area contributed by atoms with Crippen LogP contribution in [0, 0.1) is 6.92 Å². The Hall–Kier alpha value is -2.47. The van der Waals surface area contributed by atoms with Crippen LogP contribution in [-0.2, 0) is 6.54 Å². The van der Waals surface area contributed by atoms with E-state index in [2.05, 4.69) is 27.3 Å². The van der Waals surface area contributed by atoms with Gasteiger partial charge in [-0.05, 0) is 13.3 Å². The molecule has 1 aromatic carbocycles. The third-order valence-electron chi connectivity index (χ3n) is 3.71. The molecule has 0 unspecified atom stereocenters. The summed E-state index contributed by atoms with van der Waals surface area (Å²) < 4.78 is 3.46. The van der Waals surface area contributed by atoms with Crippen molar-refractivity contribution in [3.05, 3.63) is 53.1 Å². The highest BCUT2D eigenvalue weighted by Crippen LogP contribution is 2.19. The van der Waals surface area contributed by atoms with Crippen LogP contribution < -0.4 is 0 Å². The number of halogens is 1. The quantitative estimate of drug-likeness (QED) is 0.640. The molecule has 0 saturated heterocycles. The Morgan fingerprint density at radius 2 is 2.04 bits per heavy atom. The van der Waals surface area contributed by atoms with E-state index in [9.17, 15) is 0 Å². The lowest BCUT2D eigenvalue weighted by Gasteiger charge is -2.01. The van der Waals surface area contributed by atoms with Gasteiger partial charge in [0.2, 0.25) is 0 Å². The molecule has 0 radical (unpaired) electrons. The zero-order chi connectivity index (χ0) is 16.9. The Morgan fingerprint density at radius 1 is 1.25 bits per heavy atom. The van der Waals surface area contributed by atoms with E-state index in [4.69, 9.17) is 11.6 Å². The number of aromatic nitrogens is 5. The van der Waals surface area contributed by atoms with Crippen molar-refractivity contribution < 1.29 is 0 Å². The van der Waals surface area contributed by atoms with Crippen molar-refractivity contribution in [2.24, 2.45) is 5.10 Å². The molecule has 6 nitrogen and oxygen atoms in total. The van der Waals surface area contributed by atoms with Crippen molar-refractivity contribution in [3.63, 3.8) is 0 Å². The lowest BCUT2D eigenvalue weighted by molar-refractivity contribution is 0.569. The molecule has 24 heavy (non-hydrogen) atoms. The fourth-order valence-corrected chi connectivity index (χ4v) is 2.69. The minimum atomic E-state index is 0.610. The fourth-order valence-electron chi connectivity index (χ4n) is 2.38. The summed E-state index contributed by atoms with van der Waals surface area (Å²) in [6, 6.07) is 9.81. The van der Waals surface area contributed by atoms with Crippen LogP contribution in [0.4, 0.5) is 0 Å². The molecule has 0 spiro atoms. The van der Waals surface area contributed by atoms with Crippen LogP contribution in [-0.4, -0.2) is 30.9 Å². The van der Waals surface area contributed by atoms with Gasteiger partial charge in [0.15, 0.2) is 5.82 Å². The molecule has 3 aromatic rings. The molecule has 0 fully saturated rings. The van der Waals surface area contributed by atoms with Gasteiger partial charge in [0.1, 0.15) is 11.5 Å². The van der Waals surface area contributed by atoms with Gasteiger partial charge in [0.05, 0.1) is 17.5 Å². The van der Waals surface area contributed by atoms with Gasteiger partial charge in [-0.15, -0.1) is 10.2 Å². The van der Waals surface area contributed by atoms with Gasteiger partial charge in [-0.25, -0.2) is 0 Å². The molecule has 0 aliphatic rings. The monoisotopic (exact) mass is 342 g/mol. The molecule has 2 heterocycles. The summed E-state index contributed by atoms with van der Waals surface area (Å²) in [6.07, 6.45) is 5.42. The predicted octanol–water partition coefficient (Wildman–Crippen LogP) is 3.79. The van der Waals surface area contributed by atoms with Gasteiger partial charge in [-0.2, -0.15) is 14.9 Å². The van der Waals surface area contributed by atoms with Crippen LogP contribution in [0.2, 0.25) is 5.15 Å². The number of hydrogen-bond acceptors (Lipinski definition) is 4. The molecular weight excluding hydrogens is 324 g/mol. The van der Waals surface area contributed by atoms with E-state index in [0.717, 1.165) is 36.2 Å². The van der Waals surface area contributed by atoms with Crippen LogP contribution in [0.1, 0.15) is 31.0 Å². The third-order valence-corrected chi connectivity index (χ3v) is 4.11. The summed E-state index contributed by atoms with van der Waals surface area (Å²) in [5, 5.41) is 17.6. The van der Waals surface area contributed by atoms with E-state index >= 15 is 0 Å². The molecule has 2 aromatic heterocycles. The van der Waals surface area contributed by atoms with E-state index in [1.807, 2.05) is 41.9 Å². The maximum absolute atomic E-state index is 6.43. The molecule has 0 aliphatic heterocycles. The van der Waals surface area contributed by atoms with Gasteiger partial charge in [0, 0.05) is 12.1 Å². The molecule has 0 aliphatic carbocycles. The van der Waals surface area contributed by atoms with Gasteiger partial charge in [0.25, 0.3) is 0 Å². The summed E-state index contributed by atoms with van der Waals surface area (Å²) in [6.45, 7) is 4.88. The Bertz CT molecular complexity index is 834. The topological polar surface area (TPSA) is 60.9 Å². The van der Waals surface area contributed by atoms with Crippen molar-refractivity contribution in [1.82, 2.24) is 24.7 Å². The fraction of sp³-hybridized carbons (Fsp3) is 0.294. The summed E-state index contributed by atoms with van der Waals surface area (Å²) in [5.74, 6) is 0.680. The van der Waals surface area contributed by atoms with Gasteiger partial charge in [-0.1, -0.05) is 55.3 Å². The van der Waals surface area contributed by atoms with Crippen LogP contribution in [0.15, 0.2) is 41.8 Å². The molecule has 0 atom stereocenters. The first-order valence-corrected chi connectivity index (χ1v) is 8.31. The molecule has 0 bridgehead atoms. The minimum absolute atomic E-state index is 0.610. The van der Waals surface area contributed by atoms with Crippen LogP contribution >= 0.6 is 11.6 Å². The molecule has 7 heteroatoms. The normalized spacial score (nSPS) is 11.5. The van der Waals surface area contributed by atoms with E-state index in [-0.39, 0.29) is 0 Å². The second kappa shape index (κ2) is 7.40. The highest BCUT2D eigenvalue weighted by atomic mass is 35.5. The highest BCUT2D eigenvalue weighted by molar-refractivity contribution is 6.32. The summed E-state index contributed by atoms with van der Waals surface area (Å²) in [4.78, 5) is 0. The number of rotatable bonds is 6. The minimum Gasteiger partial charge on any atom is -0.253 e. The van der Waals surface area contributed by atoms with Gasteiger partial charge >= 0.3 is 0 Å². The van der Waals surface area contributed by atoms with Crippen LogP contribution in [0.3, 0.4) is 0 Å². The SMILES string of the molecule is CCCCn1nc(C)c(/C=N\n2cnnc2-c2ccccc2)c1Cl. The van der Waals surface area contributed by atoms with Crippen LogP contribution in [0.5, 0.6) is 0 Å². The van der Waals surface area contributed by atoms with E-state index in [0.29, 0.717) is 11.0 Å².